The van der Waals surface area contributed by atoms with Crippen LogP contribution in [0.3, 0.4) is 0 Å². The summed E-state index contributed by atoms with van der Waals surface area (Å²) in [4.78, 5) is 16.3. The molecule has 5 nitrogen and oxygen atoms in total. The van der Waals surface area contributed by atoms with Crippen molar-refractivity contribution < 1.29 is 13.9 Å². The summed E-state index contributed by atoms with van der Waals surface area (Å²) in [6, 6.07) is 16.4. The standard InChI is InChI=1S/C19H16FN3O2/c1-25-17-4-2-3-15(11-17)22-16-9-10-18(21-12-16)19(24)23-14-7-5-13(20)6-8-14/h2-12,22H,1H3,(H,23,24). The molecule has 0 bridgehead atoms. The van der Waals surface area contributed by atoms with E-state index in [4.69, 9.17) is 4.74 Å². The molecule has 25 heavy (non-hydrogen) atoms. The molecule has 0 aliphatic heterocycles. The molecule has 0 aliphatic carbocycles. The molecular formula is C19H16FN3O2. The number of benzene rings is 2. The Kier molecular flexibility index (Phi) is 4.89. The minimum atomic E-state index is -0.362. The monoisotopic (exact) mass is 337 g/mol. The number of nitrogens with zero attached hydrogens (tertiary/aromatic N) is 1. The zero-order valence-electron chi connectivity index (χ0n) is 13.5. The number of halogens is 1. The van der Waals surface area contributed by atoms with Crippen molar-refractivity contribution >= 4 is 23.0 Å². The minimum Gasteiger partial charge on any atom is -0.497 e. The zero-order valence-corrected chi connectivity index (χ0v) is 13.5. The number of hydrogen-bond acceptors (Lipinski definition) is 4. The lowest BCUT2D eigenvalue weighted by Gasteiger charge is -2.09. The van der Waals surface area contributed by atoms with E-state index in [0.717, 1.165) is 17.1 Å². The number of rotatable bonds is 5. The molecule has 3 aromatic rings. The van der Waals surface area contributed by atoms with Gasteiger partial charge in [-0.15, -0.1) is 0 Å². The van der Waals surface area contributed by atoms with Gasteiger partial charge in [0.1, 0.15) is 17.3 Å². The molecule has 1 aromatic heterocycles. The molecule has 1 heterocycles. The van der Waals surface area contributed by atoms with Crippen LogP contribution in [-0.4, -0.2) is 18.0 Å². The number of amides is 1. The summed E-state index contributed by atoms with van der Waals surface area (Å²) in [5.41, 5.74) is 2.36. The van der Waals surface area contributed by atoms with Crippen molar-refractivity contribution in [1.82, 2.24) is 4.98 Å². The van der Waals surface area contributed by atoms with E-state index in [0.29, 0.717) is 5.69 Å². The fraction of sp³-hybridized carbons (Fsp3) is 0.0526. The molecule has 3 rings (SSSR count). The quantitative estimate of drug-likeness (QED) is 0.731. The number of ether oxygens (including phenoxy) is 1. The smallest absolute Gasteiger partial charge is 0.274 e. The highest BCUT2D eigenvalue weighted by molar-refractivity contribution is 6.02. The van der Waals surface area contributed by atoms with E-state index in [1.54, 1.807) is 25.4 Å². The van der Waals surface area contributed by atoms with Gasteiger partial charge in [0.2, 0.25) is 0 Å². The number of nitrogens with one attached hydrogen (secondary N) is 2. The van der Waals surface area contributed by atoms with E-state index in [1.165, 1.54) is 24.3 Å². The zero-order chi connectivity index (χ0) is 17.6. The van der Waals surface area contributed by atoms with Gasteiger partial charge in [-0.25, -0.2) is 9.37 Å². The van der Waals surface area contributed by atoms with E-state index in [9.17, 15) is 9.18 Å². The number of hydrogen-bond donors (Lipinski definition) is 2. The van der Waals surface area contributed by atoms with Crippen LogP contribution in [0.4, 0.5) is 21.5 Å². The second-order valence-electron chi connectivity index (χ2n) is 5.25. The lowest BCUT2D eigenvalue weighted by molar-refractivity contribution is 0.102. The highest BCUT2D eigenvalue weighted by Crippen LogP contribution is 2.21. The average molecular weight is 337 g/mol. The first-order valence-corrected chi connectivity index (χ1v) is 7.58. The first-order valence-electron chi connectivity index (χ1n) is 7.58. The molecule has 1 amide bonds. The highest BCUT2D eigenvalue weighted by atomic mass is 19.1. The molecular weight excluding hydrogens is 321 g/mol. The minimum absolute atomic E-state index is 0.264. The van der Waals surface area contributed by atoms with Gasteiger partial charge in [-0.3, -0.25) is 4.79 Å². The molecule has 126 valence electrons. The van der Waals surface area contributed by atoms with Gasteiger partial charge < -0.3 is 15.4 Å². The lowest BCUT2D eigenvalue weighted by Crippen LogP contribution is -2.13. The van der Waals surface area contributed by atoms with Gasteiger partial charge in [-0.05, 0) is 48.5 Å². The second kappa shape index (κ2) is 7.44. The molecule has 6 heteroatoms. The van der Waals surface area contributed by atoms with Crippen LogP contribution in [0.15, 0.2) is 66.9 Å². The van der Waals surface area contributed by atoms with Crippen molar-refractivity contribution in [3.05, 3.63) is 78.4 Å². The molecule has 2 N–H and O–H groups in total. The third-order valence-electron chi connectivity index (χ3n) is 3.46. The van der Waals surface area contributed by atoms with Crippen LogP contribution in [0.5, 0.6) is 5.75 Å². The summed E-state index contributed by atoms with van der Waals surface area (Å²) in [6.45, 7) is 0. The molecule has 0 aliphatic rings. The normalized spacial score (nSPS) is 10.2. The van der Waals surface area contributed by atoms with Crippen LogP contribution in [0.1, 0.15) is 10.5 Å². The Morgan fingerprint density at radius 1 is 1.00 bits per heavy atom. The molecule has 0 spiro atoms. The molecule has 0 saturated carbocycles. The van der Waals surface area contributed by atoms with Crippen LogP contribution < -0.4 is 15.4 Å². The van der Waals surface area contributed by atoms with Crippen LogP contribution >= 0.6 is 0 Å². The van der Waals surface area contributed by atoms with Crippen molar-refractivity contribution in [1.29, 1.82) is 0 Å². The van der Waals surface area contributed by atoms with Crippen molar-refractivity contribution in [3.63, 3.8) is 0 Å². The predicted molar refractivity (Wildman–Crippen MR) is 94.9 cm³/mol. The summed E-state index contributed by atoms with van der Waals surface area (Å²) < 4.78 is 18.1. The number of methoxy groups -OCH3 is 1. The number of aromatic nitrogens is 1. The molecule has 0 unspecified atom stereocenters. The Balaban J connectivity index is 1.66. The van der Waals surface area contributed by atoms with Crippen molar-refractivity contribution in [2.24, 2.45) is 0 Å². The highest BCUT2D eigenvalue weighted by Gasteiger charge is 2.08. The summed E-state index contributed by atoms with van der Waals surface area (Å²) >= 11 is 0. The van der Waals surface area contributed by atoms with Crippen LogP contribution in [0.2, 0.25) is 0 Å². The Bertz CT molecular complexity index is 865. The topological polar surface area (TPSA) is 63.2 Å². The number of carbonyl (C=O) groups is 1. The molecule has 0 radical (unpaired) electrons. The summed E-state index contributed by atoms with van der Waals surface area (Å²) in [5, 5.41) is 5.85. The van der Waals surface area contributed by atoms with Gasteiger partial charge in [0.05, 0.1) is 19.0 Å². The summed E-state index contributed by atoms with van der Waals surface area (Å²) in [6.07, 6.45) is 1.57. The fourth-order valence-electron chi connectivity index (χ4n) is 2.20. The van der Waals surface area contributed by atoms with Crippen LogP contribution in [0, 0.1) is 5.82 Å². The van der Waals surface area contributed by atoms with Gasteiger partial charge >= 0.3 is 0 Å². The first kappa shape index (κ1) is 16.4. The first-order chi connectivity index (χ1) is 12.1. The van der Waals surface area contributed by atoms with E-state index in [1.807, 2.05) is 24.3 Å². The van der Waals surface area contributed by atoms with E-state index in [2.05, 4.69) is 15.6 Å². The SMILES string of the molecule is COc1cccc(Nc2ccc(C(=O)Nc3ccc(F)cc3)nc2)c1. The molecule has 0 atom stereocenters. The van der Waals surface area contributed by atoms with E-state index < -0.39 is 0 Å². The number of pyridine rings is 1. The fourth-order valence-corrected chi connectivity index (χ4v) is 2.20. The Morgan fingerprint density at radius 2 is 1.76 bits per heavy atom. The average Bonchev–Trinajstić information content (AvgIpc) is 2.64. The van der Waals surface area contributed by atoms with Gasteiger partial charge in [0.15, 0.2) is 0 Å². The molecule has 0 saturated heterocycles. The van der Waals surface area contributed by atoms with Gasteiger partial charge in [-0.2, -0.15) is 0 Å². The molecule has 2 aromatic carbocycles. The maximum Gasteiger partial charge on any atom is 0.274 e. The lowest BCUT2D eigenvalue weighted by atomic mass is 10.2. The largest absolute Gasteiger partial charge is 0.497 e. The number of anilines is 3. The maximum atomic E-state index is 12.9. The van der Waals surface area contributed by atoms with Crippen molar-refractivity contribution in [2.45, 2.75) is 0 Å². The van der Waals surface area contributed by atoms with Gasteiger partial charge in [0.25, 0.3) is 5.91 Å². The number of carbonyl (C=O) groups excluding carboxylic acids is 1. The maximum absolute atomic E-state index is 12.9. The van der Waals surface area contributed by atoms with Crippen molar-refractivity contribution in [3.8, 4) is 5.75 Å². The molecule has 0 fully saturated rings. The Labute approximate surface area is 144 Å². The Hall–Kier alpha value is -3.41. The second-order valence-corrected chi connectivity index (χ2v) is 5.25. The van der Waals surface area contributed by atoms with Crippen LogP contribution in [-0.2, 0) is 0 Å². The third kappa shape index (κ3) is 4.32. The summed E-state index contributed by atoms with van der Waals surface area (Å²) in [7, 11) is 1.61. The van der Waals surface area contributed by atoms with E-state index in [-0.39, 0.29) is 17.4 Å². The van der Waals surface area contributed by atoms with Crippen LogP contribution in [0.25, 0.3) is 0 Å². The van der Waals surface area contributed by atoms with Gasteiger partial charge in [0, 0.05) is 17.4 Å². The van der Waals surface area contributed by atoms with Gasteiger partial charge in [-0.1, -0.05) is 6.07 Å². The van der Waals surface area contributed by atoms with E-state index >= 15 is 0 Å². The third-order valence-corrected chi connectivity index (χ3v) is 3.46. The van der Waals surface area contributed by atoms with Crippen molar-refractivity contribution in [2.75, 3.05) is 17.7 Å². The summed E-state index contributed by atoms with van der Waals surface area (Å²) in [5.74, 6) is 0.0249. The predicted octanol–water partition coefficient (Wildman–Crippen LogP) is 4.23. The Morgan fingerprint density at radius 3 is 2.44 bits per heavy atom.